The molecule has 4 heteroatoms. The van der Waals surface area contributed by atoms with Crippen molar-refractivity contribution < 1.29 is 9.90 Å². The van der Waals surface area contributed by atoms with Crippen LogP contribution in [0, 0.1) is 5.41 Å². The van der Waals surface area contributed by atoms with Gasteiger partial charge >= 0.3 is 5.97 Å². The molecule has 0 aliphatic rings. The van der Waals surface area contributed by atoms with Crippen LogP contribution in [-0.4, -0.2) is 16.1 Å². The van der Waals surface area contributed by atoms with E-state index in [0.717, 1.165) is 5.01 Å². The number of carboxylic acid groups (broad SMARTS) is 1. The Morgan fingerprint density at radius 2 is 2.62 bits per heavy atom. The number of hydrogen-bond acceptors (Lipinski definition) is 3. The van der Waals surface area contributed by atoms with Gasteiger partial charge in [0.25, 0.3) is 0 Å². The largest absolute Gasteiger partial charge is 0.481 e. The number of aliphatic carboxylic acids is 1. The minimum absolute atomic E-state index is 0.406. The fourth-order valence-corrected chi connectivity index (χ4v) is 1.67. The Kier molecular flexibility index (Phi) is 2.83. The molecule has 0 amide bonds. The zero-order chi connectivity index (χ0) is 9.90. The van der Waals surface area contributed by atoms with E-state index >= 15 is 0 Å². The summed E-state index contributed by atoms with van der Waals surface area (Å²) in [4.78, 5) is 14.9. The molecule has 1 atom stereocenters. The lowest BCUT2D eigenvalue weighted by Crippen LogP contribution is -2.27. The first-order chi connectivity index (χ1) is 6.08. The van der Waals surface area contributed by atoms with E-state index in [-0.39, 0.29) is 0 Å². The van der Waals surface area contributed by atoms with Crippen LogP contribution in [0.3, 0.4) is 0 Å². The second kappa shape index (κ2) is 3.70. The van der Waals surface area contributed by atoms with E-state index in [4.69, 9.17) is 5.11 Å². The maximum absolute atomic E-state index is 10.9. The highest BCUT2D eigenvalue weighted by atomic mass is 32.1. The van der Waals surface area contributed by atoms with Crippen molar-refractivity contribution in [3.8, 4) is 0 Å². The smallest absolute Gasteiger partial charge is 0.313 e. The van der Waals surface area contributed by atoms with Crippen molar-refractivity contribution in [3.63, 3.8) is 0 Å². The molecule has 1 aromatic heterocycles. The van der Waals surface area contributed by atoms with Gasteiger partial charge in [0.2, 0.25) is 0 Å². The fourth-order valence-electron chi connectivity index (χ4n) is 0.890. The second-order valence-corrected chi connectivity index (χ2v) is 4.01. The van der Waals surface area contributed by atoms with Crippen LogP contribution < -0.4 is 0 Å². The molecule has 3 nitrogen and oxygen atoms in total. The summed E-state index contributed by atoms with van der Waals surface area (Å²) in [5.41, 5.74) is -0.905. The average Bonchev–Trinajstić information content (AvgIpc) is 2.56. The Bertz CT molecular complexity index is 307. The van der Waals surface area contributed by atoms with Crippen molar-refractivity contribution >= 4 is 17.3 Å². The maximum Gasteiger partial charge on any atom is 0.313 e. The highest BCUT2D eigenvalue weighted by molar-refractivity contribution is 7.09. The molecule has 13 heavy (non-hydrogen) atoms. The quantitative estimate of drug-likeness (QED) is 0.751. The van der Waals surface area contributed by atoms with Crippen molar-refractivity contribution in [2.24, 2.45) is 5.41 Å². The maximum atomic E-state index is 10.9. The summed E-state index contributed by atoms with van der Waals surface area (Å²) in [6.07, 6.45) is 3.53. The van der Waals surface area contributed by atoms with E-state index in [9.17, 15) is 4.79 Å². The van der Waals surface area contributed by atoms with Crippen LogP contribution in [0.15, 0.2) is 24.2 Å². The van der Waals surface area contributed by atoms with Gasteiger partial charge < -0.3 is 5.11 Å². The van der Waals surface area contributed by atoms with E-state index in [1.807, 2.05) is 5.38 Å². The third-order valence-electron chi connectivity index (χ3n) is 1.94. The molecule has 0 aliphatic heterocycles. The molecule has 0 fully saturated rings. The van der Waals surface area contributed by atoms with Crippen molar-refractivity contribution in [2.45, 2.75) is 13.3 Å². The predicted octanol–water partition coefficient (Wildman–Crippen LogP) is 1.96. The Hall–Kier alpha value is -1.16. The molecule has 0 radical (unpaired) electrons. The number of aromatic nitrogens is 1. The number of carbonyl (C=O) groups is 1. The summed E-state index contributed by atoms with van der Waals surface area (Å²) in [5.74, 6) is -0.863. The fraction of sp³-hybridized carbons (Fsp3) is 0.333. The normalized spacial score (nSPS) is 14.8. The van der Waals surface area contributed by atoms with Gasteiger partial charge in [0.1, 0.15) is 0 Å². The lowest BCUT2D eigenvalue weighted by atomic mass is 9.87. The Morgan fingerprint density at radius 1 is 1.92 bits per heavy atom. The van der Waals surface area contributed by atoms with Crippen molar-refractivity contribution in [1.29, 1.82) is 0 Å². The standard InChI is InChI=1S/C9H11NO2S/c1-3-9(2,8(11)12)6-7-10-4-5-13-7/h3-5H,1,6H2,2H3,(H,11,12). The second-order valence-electron chi connectivity index (χ2n) is 3.03. The van der Waals surface area contributed by atoms with Crippen LogP contribution >= 0.6 is 11.3 Å². The van der Waals surface area contributed by atoms with Gasteiger partial charge in [-0.25, -0.2) is 4.98 Å². The van der Waals surface area contributed by atoms with Crippen LogP contribution in [0.1, 0.15) is 11.9 Å². The van der Waals surface area contributed by atoms with Crippen molar-refractivity contribution in [1.82, 2.24) is 4.98 Å². The van der Waals surface area contributed by atoms with E-state index in [1.165, 1.54) is 17.4 Å². The van der Waals surface area contributed by atoms with Gasteiger partial charge in [0.05, 0.1) is 10.4 Å². The van der Waals surface area contributed by atoms with Gasteiger partial charge in [-0.3, -0.25) is 4.79 Å². The number of nitrogens with zero attached hydrogens (tertiary/aromatic N) is 1. The highest BCUT2D eigenvalue weighted by Gasteiger charge is 2.30. The zero-order valence-electron chi connectivity index (χ0n) is 7.36. The highest BCUT2D eigenvalue weighted by Crippen LogP contribution is 2.24. The lowest BCUT2D eigenvalue weighted by molar-refractivity contribution is -0.145. The molecule has 1 unspecified atom stereocenters. The molecule has 1 heterocycles. The molecule has 1 rings (SSSR count). The summed E-state index contributed by atoms with van der Waals surface area (Å²) in [6.45, 7) is 5.17. The molecule has 0 aliphatic carbocycles. The monoisotopic (exact) mass is 197 g/mol. The minimum Gasteiger partial charge on any atom is -0.481 e. The number of rotatable bonds is 4. The Morgan fingerprint density at radius 3 is 3.00 bits per heavy atom. The van der Waals surface area contributed by atoms with Gasteiger partial charge in [0.15, 0.2) is 0 Å². The number of thiazole rings is 1. The third kappa shape index (κ3) is 2.15. The zero-order valence-corrected chi connectivity index (χ0v) is 8.17. The first-order valence-electron chi connectivity index (χ1n) is 3.84. The number of carboxylic acids is 1. The molecule has 1 N–H and O–H groups in total. The number of hydrogen-bond donors (Lipinski definition) is 1. The summed E-state index contributed by atoms with van der Waals surface area (Å²) in [6, 6.07) is 0. The SMILES string of the molecule is C=CC(C)(Cc1nccs1)C(=O)O. The van der Waals surface area contributed by atoms with Gasteiger partial charge in [-0.15, -0.1) is 17.9 Å². The van der Waals surface area contributed by atoms with E-state index < -0.39 is 11.4 Å². The topological polar surface area (TPSA) is 50.2 Å². The molecular formula is C9H11NO2S. The summed E-state index contributed by atoms with van der Waals surface area (Å²) in [5, 5.41) is 11.6. The molecule has 0 saturated heterocycles. The van der Waals surface area contributed by atoms with Gasteiger partial charge in [-0.05, 0) is 6.92 Å². The molecule has 0 bridgehead atoms. The van der Waals surface area contributed by atoms with Gasteiger partial charge in [0, 0.05) is 18.0 Å². The van der Waals surface area contributed by atoms with Crippen molar-refractivity contribution in [2.75, 3.05) is 0 Å². The van der Waals surface area contributed by atoms with E-state index in [0.29, 0.717) is 6.42 Å². The lowest BCUT2D eigenvalue weighted by Gasteiger charge is -2.18. The van der Waals surface area contributed by atoms with Gasteiger partial charge in [-0.1, -0.05) is 6.08 Å². The molecular weight excluding hydrogens is 186 g/mol. The Balaban J connectivity index is 2.81. The van der Waals surface area contributed by atoms with Crippen molar-refractivity contribution in [3.05, 3.63) is 29.2 Å². The molecule has 0 saturated carbocycles. The molecule has 1 aromatic rings. The van der Waals surface area contributed by atoms with Gasteiger partial charge in [-0.2, -0.15) is 0 Å². The minimum atomic E-state index is -0.905. The Labute approximate surface area is 80.7 Å². The first-order valence-corrected chi connectivity index (χ1v) is 4.72. The van der Waals surface area contributed by atoms with Crippen LogP contribution in [0.5, 0.6) is 0 Å². The average molecular weight is 197 g/mol. The third-order valence-corrected chi connectivity index (χ3v) is 2.72. The van der Waals surface area contributed by atoms with E-state index in [1.54, 1.807) is 13.1 Å². The van der Waals surface area contributed by atoms with Crippen LogP contribution in [0.25, 0.3) is 0 Å². The summed E-state index contributed by atoms with van der Waals surface area (Å²) < 4.78 is 0. The van der Waals surface area contributed by atoms with Crippen LogP contribution in [0.2, 0.25) is 0 Å². The predicted molar refractivity (Wildman–Crippen MR) is 51.8 cm³/mol. The molecule has 0 aromatic carbocycles. The first kappa shape index (κ1) is 9.92. The van der Waals surface area contributed by atoms with Crippen LogP contribution in [0.4, 0.5) is 0 Å². The summed E-state index contributed by atoms with van der Waals surface area (Å²) in [7, 11) is 0. The molecule has 0 spiro atoms. The van der Waals surface area contributed by atoms with E-state index in [2.05, 4.69) is 11.6 Å². The van der Waals surface area contributed by atoms with Crippen LogP contribution in [-0.2, 0) is 11.2 Å². The summed E-state index contributed by atoms with van der Waals surface area (Å²) >= 11 is 1.46. The molecule has 70 valence electrons.